The molecule has 3 nitrogen and oxygen atoms in total. The van der Waals surface area contributed by atoms with Crippen molar-refractivity contribution in [2.45, 2.75) is 19.8 Å². The maximum absolute atomic E-state index is 4.65. The van der Waals surface area contributed by atoms with Crippen LogP contribution in [0.3, 0.4) is 0 Å². The first kappa shape index (κ1) is 11.0. The third-order valence-corrected chi connectivity index (χ3v) is 3.03. The molecule has 1 N–H and O–H groups in total. The van der Waals surface area contributed by atoms with Gasteiger partial charge in [0.1, 0.15) is 0 Å². The van der Waals surface area contributed by atoms with Gasteiger partial charge in [-0.3, -0.25) is 4.98 Å². The van der Waals surface area contributed by atoms with E-state index in [2.05, 4.69) is 27.4 Å². The summed E-state index contributed by atoms with van der Waals surface area (Å²) in [6.45, 7) is 2.00. The highest BCUT2D eigenvalue weighted by Gasteiger charge is 2.11. The number of anilines is 2. The predicted molar refractivity (Wildman–Crippen MR) is 73.8 cm³/mol. The van der Waals surface area contributed by atoms with Gasteiger partial charge in [0.15, 0.2) is 5.82 Å². The third-order valence-electron chi connectivity index (χ3n) is 3.03. The smallest absolute Gasteiger partial charge is 0.152 e. The molecule has 0 amide bonds. The summed E-state index contributed by atoms with van der Waals surface area (Å²) in [6, 6.07) is 10.1. The molecular formula is C15H15N3. The van der Waals surface area contributed by atoms with Crippen molar-refractivity contribution in [3.8, 4) is 0 Å². The summed E-state index contributed by atoms with van der Waals surface area (Å²) in [5.74, 6) is 0.839. The van der Waals surface area contributed by atoms with E-state index in [4.69, 9.17) is 0 Å². The number of rotatable bonds is 2. The van der Waals surface area contributed by atoms with E-state index in [-0.39, 0.29) is 0 Å². The molecule has 0 fully saturated rings. The van der Waals surface area contributed by atoms with Gasteiger partial charge in [0.25, 0.3) is 0 Å². The Hall–Kier alpha value is -2.16. The standard InChI is InChI=1S/C15H15N3/c1-11-15(17-12-7-3-2-4-8-12)18-14-10-6-5-9-13(14)16-11/h2-4,6-8,10H,5,9H2,1H3,(H,17,18). The molecule has 0 saturated heterocycles. The van der Waals surface area contributed by atoms with Gasteiger partial charge in [-0.15, -0.1) is 0 Å². The molecule has 0 aliphatic heterocycles. The maximum Gasteiger partial charge on any atom is 0.152 e. The average molecular weight is 237 g/mol. The van der Waals surface area contributed by atoms with E-state index < -0.39 is 0 Å². The second-order valence-corrected chi connectivity index (χ2v) is 4.42. The molecule has 0 spiro atoms. The summed E-state index contributed by atoms with van der Waals surface area (Å²) in [5.41, 5.74) is 4.08. The van der Waals surface area contributed by atoms with E-state index in [9.17, 15) is 0 Å². The van der Waals surface area contributed by atoms with E-state index in [0.717, 1.165) is 41.4 Å². The van der Waals surface area contributed by atoms with Gasteiger partial charge in [0, 0.05) is 5.69 Å². The lowest BCUT2D eigenvalue weighted by Gasteiger charge is -2.14. The monoisotopic (exact) mass is 237 g/mol. The van der Waals surface area contributed by atoms with Crippen molar-refractivity contribution in [2.75, 3.05) is 5.32 Å². The number of nitrogens with zero attached hydrogens (tertiary/aromatic N) is 2. The number of aryl methyl sites for hydroxylation is 2. The number of benzene rings is 1. The van der Waals surface area contributed by atoms with Crippen LogP contribution in [0.1, 0.15) is 23.5 Å². The Labute approximate surface area is 107 Å². The first-order chi connectivity index (χ1) is 8.83. The van der Waals surface area contributed by atoms with Crippen molar-refractivity contribution in [3.05, 3.63) is 53.5 Å². The van der Waals surface area contributed by atoms with Gasteiger partial charge in [0.2, 0.25) is 0 Å². The van der Waals surface area contributed by atoms with E-state index in [1.807, 2.05) is 37.3 Å². The summed E-state index contributed by atoms with van der Waals surface area (Å²) in [5, 5.41) is 3.31. The fraction of sp³-hybridized carbons (Fsp3) is 0.200. The number of hydrogen-bond donors (Lipinski definition) is 1. The Morgan fingerprint density at radius 2 is 1.94 bits per heavy atom. The van der Waals surface area contributed by atoms with Crippen LogP contribution in [0.2, 0.25) is 0 Å². The highest BCUT2D eigenvalue weighted by atomic mass is 15.0. The highest BCUT2D eigenvalue weighted by Crippen LogP contribution is 2.22. The Morgan fingerprint density at radius 3 is 2.78 bits per heavy atom. The van der Waals surface area contributed by atoms with Crippen LogP contribution in [0.15, 0.2) is 36.4 Å². The molecule has 18 heavy (non-hydrogen) atoms. The lowest BCUT2D eigenvalue weighted by Crippen LogP contribution is -2.07. The van der Waals surface area contributed by atoms with Crippen molar-refractivity contribution in [2.24, 2.45) is 0 Å². The summed E-state index contributed by atoms with van der Waals surface area (Å²) in [7, 11) is 0. The minimum absolute atomic E-state index is 0.839. The van der Waals surface area contributed by atoms with Crippen LogP contribution in [0, 0.1) is 6.92 Å². The maximum atomic E-state index is 4.65. The number of nitrogens with one attached hydrogen (secondary N) is 1. The quantitative estimate of drug-likeness (QED) is 0.868. The van der Waals surface area contributed by atoms with Crippen LogP contribution >= 0.6 is 0 Å². The molecule has 0 unspecified atom stereocenters. The van der Waals surface area contributed by atoms with Crippen LogP contribution in [0.5, 0.6) is 0 Å². The van der Waals surface area contributed by atoms with E-state index >= 15 is 0 Å². The van der Waals surface area contributed by atoms with Crippen molar-refractivity contribution in [1.29, 1.82) is 0 Å². The first-order valence-corrected chi connectivity index (χ1v) is 6.19. The number of allylic oxidation sites excluding steroid dienone is 1. The first-order valence-electron chi connectivity index (χ1n) is 6.19. The molecule has 0 bridgehead atoms. The van der Waals surface area contributed by atoms with Crippen LogP contribution in [-0.4, -0.2) is 9.97 Å². The molecule has 90 valence electrons. The summed E-state index contributed by atoms with van der Waals surface area (Å²) < 4.78 is 0. The summed E-state index contributed by atoms with van der Waals surface area (Å²) in [4.78, 5) is 9.28. The molecule has 3 heteroatoms. The molecule has 3 rings (SSSR count). The Bertz CT molecular complexity index is 588. The van der Waals surface area contributed by atoms with Gasteiger partial charge < -0.3 is 5.32 Å². The van der Waals surface area contributed by atoms with Gasteiger partial charge in [-0.05, 0) is 38.0 Å². The highest BCUT2D eigenvalue weighted by molar-refractivity contribution is 5.61. The van der Waals surface area contributed by atoms with Crippen LogP contribution in [0.25, 0.3) is 6.08 Å². The summed E-state index contributed by atoms with van der Waals surface area (Å²) >= 11 is 0. The zero-order valence-corrected chi connectivity index (χ0v) is 10.4. The van der Waals surface area contributed by atoms with Crippen LogP contribution in [0.4, 0.5) is 11.5 Å². The average Bonchev–Trinajstić information content (AvgIpc) is 2.41. The Kier molecular flexibility index (Phi) is 2.81. The predicted octanol–water partition coefficient (Wildman–Crippen LogP) is 3.49. The Balaban J connectivity index is 1.96. The van der Waals surface area contributed by atoms with Gasteiger partial charge in [-0.2, -0.15) is 0 Å². The number of hydrogen-bond acceptors (Lipinski definition) is 3. The van der Waals surface area contributed by atoms with Crippen LogP contribution < -0.4 is 5.32 Å². The minimum Gasteiger partial charge on any atom is -0.339 e. The summed E-state index contributed by atoms with van der Waals surface area (Å²) in [6.07, 6.45) is 6.26. The Morgan fingerprint density at radius 1 is 1.11 bits per heavy atom. The number of fused-ring (bicyclic) bond motifs is 1. The molecule has 0 saturated carbocycles. The van der Waals surface area contributed by atoms with E-state index in [1.165, 1.54) is 0 Å². The normalized spacial score (nSPS) is 13.2. The lowest BCUT2D eigenvalue weighted by molar-refractivity contribution is 0.889. The van der Waals surface area contributed by atoms with Gasteiger partial charge in [-0.1, -0.05) is 24.3 Å². The number of para-hydroxylation sites is 1. The van der Waals surface area contributed by atoms with Crippen molar-refractivity contribution < 1.29 is 0 Å². The van der Waals surface area contributed by atoms with Gasteiger partial charge >= 0.3 is 0 Å². The minimum atomic E-state index is 0.839. The van der Waals surface area contributed by atoms with Crippen molar-refractivity contribution >= 4 is 17.6 Å². The molecule has 1 aliphatic rings. The second kappa shape index (κ2) is 4.61. The van der Waals surface area contributed by atoms with Crippen LogP contribution in [-0.2, 0) is 6.42 Å². The molecule has 1 heterocycles. The lowest BCUT2D eigenvalue weighted by atomic mass is 10.1. The van der Waals surface area contributed by atoms with E-state index in [1.54, 1.807) is 0 Å². The van der Waals surface area contributed by atoms with Crippen molar-refractivity contribution in [1.82, 2.24) is 9.97 Å². The fourth-order valence-corrected chi connectivity index (χ4v) is 2.09. The zero-order valence-electron chi connectivity index (χ0n) is 10.4. The van der Waals surface area contributed by atoms with Gasteiger partial charge in [-0.25, -0.2) is 4.98 Å². The molecule has 2 aromatic rings. The molecular weight excluding hydrogens is 222 g/mol. The SMILES string of the molecule is Cc1nc2c(nc1Nc1ccccc1)C=CCC2. The third kappa shape index (κ3) is 2.12. The van der Waals surface area contributed by atoms with E-state index in [0.29, 0.717) is 0 Å². The molecule has 0 radical (unpaired) electrons. The topological polar surface area (TPSA) is 37.8 Å². The molecule has 1 aromatic heterocycles. The number of aromatic nitrogens is 2. The largest absolute Gasteiger partial charge is 0.339 e. The second-order valence-electron chi connectivity index (χ2n) is 4.42. The van der Waals surface area contributed by atoms with Crippen molar-refractivity contribution in [3.63, 3.8) is 0 Å². The fourth-order valence-electron chi connectivity index (χ4n) is 2.09. The molecule has 1 aromatic carbocycles. The molecule has 0 atom stereocenters. The molecule has 1 aliphatic carbocycles. The van der Waals surface area contributed by atoms with Gasteiger partial charge in [0.05, 0.1) is 17.1 Å². The zero-order chi connectivity index (χ0) is 12.4.